The number of anilines is 1. The molecule has 252 valence electrons. The predicted molar refractivity (Wildman–Crippen MR) is 222 cm³/mol. The Morgan fingerprint density at radius 2 is 1.57 bits per heavy atom. The molecule has 5 aliphatic carbocycles. The molecular formula is C48H43NS2. The van der Waals surface area contributed by atoms with E-state index >= 15 is 0 Å². The van der Waals surface area contributed by atoms with E-state index in [4.69, 9.17) is 0 Å². The highest BCUT2D eigenvalue weighted by Gasteiger charge is 2.28. The molecule has 10 rings (SSSR count). The molecular weight excluding hydrogens is 655 g/mol. The van der Waals surface area contributed by atoms with E-state index in [1.165, 1.54) is 77.4 Å². The van der Waals surface area contributed by atoms with Gasteiger partial charge >= 0.3 is 0 Å². The molecule has 0 radical (unpaired) electrons. The quantitative estimate of drug-likeness (QED) is 0.160. The van der Waals surface area contributed by atoms with Crippen LogP contribution in [-0.2, 0) is 6.42 Å². The van der Waals surface area contributed by atoms with Crippen LogP contribution < -0.4 is 14.7 Å². The lowest BCUT2D eigenvalue weighted by atomic mass is 9.83. The minimum Gasteiger partial charge on any atom is -0.313 e. The summed E-state index contributed by atoms with van der Waals surface area (Å²) in [5.41, 5.74) is 10.1. The Morgan fingerprint density at radius 3 is 2.41 bits per heavy atom. The van der Waals surface area contributed by atoms with Gasteiger partial charge in [0.05, 0.1) is 4.53 Å². The summed E-state index contributed by atoms with van der Waals surface area (Å²) in [6, 6.07) is 25.4. The van der Waals surface area contributed by atoms with Crippen molar-refractivity contribution >= 4 is 65.9 Å². The first-order valence-corrected chi connectivity index (χ1v) is 20.7. The maximum absolute atomic E-state index is 2.63. The highest BCUT2D eigenvalue weighted by Crippen LogP contribution is 2.43. The average Bonchev–Trinajstić information content (AvgIpc) is 3.79. The van der Waals surface area contributed by atoms with Crippen LogP contribution >= 0.6 is 22.7 Å². The zero-order valence-electron chi connectivity index (χ0n) is 29.1. The molecule has 0 fully saturated rings. The van der Waals surface area contributed by atoms with Gasteiger partial charge in [-0.05, 0) is 116 Å². The Hall–Kier alpha value is -4.44. The van der Waals surface area contributed by atoms with Crippen molar-refractivity contribution < 1.29 is 0 Å². The largest absolute Gasteiger partial charge is 0.313 e. The third kappa shape index (κ3) is 5.57. The molecule has 0 saturated heterocycles. The van der Waals surface area contributed by atoms with E-state index in [2.05, 4.69) is 150 Å². The van der Waals surface area contributed by atoms with Crippen LogP contribution in [0.3, 0.4) is 0 Å². The van der Waals surface area contributed by atoms with E-state index in [9.17, 15) is 0 Å². The molecule has 2 heterocycles. The number of thiophene rings is 2. The Labute approximate surface area is 309 Å². The van der Waals surface area contributed by atoms with Crippen LogP contribution in [0.5, 0.6) is 0 Å². The number of hydrogen-bond donors (Lipinski definition) is 0. The predicted octanol–water partition coefficient (Wildman–Crippen LogP) is 12.2. The molecule has 0 N–H and O–H groups in total. The van der Waals surface area contributed by atoms with E-state index in [0.717, 1.165) is 38.5 Å². The summed E-state index contributed by atoms with van der Waals surface area (Å²) in [6.45, 7) is 0. The van der Waals surface area contributed by atoms with Crippen molar-refractivity contribution in [1.82, 2.24) is 0 Å². The zero-order valence-corrected chi connectivity index (χ0v) is 30.7. The summed E-state index contributed by atoms with van der Waals surface area (Å²) in [5, 5.41) is 4.35. The fourth-order valence-corrected chi connectivity index (χ4v) is 11.9. The Balaban J connectivity index is 1.07. The fraction of sp³-hybridized carbons (Fsp3) is 0.250. The SMILES string of the molecule is C1=CCC(c2ccc(N(C3=CCC(c4cccc5sc6ccccc6c45)C=C3)C3=c4sc5c(c4=CCC3)CCC=C5C3C=CCCC3)cc2)C=C1. The lowest BCUT2D eigenvalue weighted by molar-refractivity contribution is 0.640. The molecule has 0 saturated carbocycles. The van der Waals surface area contributed by atoms with E-state index in [0.29, 0.717) is 17.8 Å². The molecule has 1 nitrogen and oxygen atoms in total. The topological polar surface area (TPSA) is 3.24 Å². The standard InChI is InChI=1S/C48H43NS2/c1-3-12-32(13-4-1)33-24-28-36(29-25-33)49(37-30-26-35(27-31-37)38-17-11-23-45-46(38)42-16-7-8-22-44(42)50-45)43-21-10-20-41-40-19-9-18-39(47(40)51-48(41)43)34-14-5-2-6-15-34/h1,3-5,7-8,11-12,14,16-18,20,22-26,28-32,34-35H,2,6,9-10,13,15,19,21,27H2. The van der Waals surface area contributed by atoms with Crippen LogP contribution in [0.25, 0.3) is 37.5 Å². The number of benzene rings is 3. The van der Waals surface area contributed by atoms with Crippen LogP contribution in [0.1, 0.15) is 84.8 Å². The van der Waals surface area contributed by atoms with Gasteiger partial charge in [0, 0.05) is 59.9 Å². The van der Waals surface area contributed by atoms with Crippen LogP contribution in [0.4, 0.5) is 5.69 Å². The van der Waals surface area contributed by atoms with Gasteiger partial charge in [-0.15, -0.1) is 22.7 Å². The van der Waals surface area contributed by atoms with Crippen molar-refractivity contribution in [3.05, 3.63) is 165 Å². The van der Waals surface area contributed by atoms with Crippen molar-refractivity contribution in [2.45, 2.75) is 69.6 Å². The monoisotopic (exact) mass is 697 g/mol. The second-order valence-electron chi connectivity index (χ2n) is 14.7. The minimum atomic E-state index is 0.358. The first-order valence-electron chi connectivity index (χ1n) is 19.0. The lowest BCUT2D eigenvalue weighted by Gasteiger charge is -2.32. The molecule has 2 aromatic heterocycles. The second kappa shape index (κ2) is 13.3. The maximum atomic E-state index is 2.63. The first-order chi connectivity index (χ1) is 25.3. The van der Waals surface area contributed by atoms with Crippen molar-refractivity contribution in [3.8, 4) is 0 Å². The van der Waals surface area contributed by atoms with Gasteiger partial charge < -0.3 is 4.90 Å². The van der Waals surface area contributed by atoms with Gasteiger partial charge in [0.25, 0.3) is 0 Å². The van der Waals surface area contributed by atoms with Crippen molar-refractivity contribution in [1.29, 1.82) is 0 Å². The summed E-state index contributed by atoms with van der Waals surface area (Å²) in [5.74, 6) is 1.38. The van der Waals surface area contributed by atoms with Gasteiger partial charge in [-0.2, -0.15) is 0 Å². The van der Waals surface area contributed by atoms with E-state index in [-0.39, 0.29) is 0 Å². The van der Waals surface area contributed by atoms with Crippen LogP contribution in [0.15, 0.2) is 133 Å². The summed E-state index contributed by atoms with van der Waals surface area (Å²) in [7, 11) is 0. The zero-order chi connectivity index (χ0) is 33.7. The van der Waals surface area contributed by atoms with E-state index in [1.807, 2.05) is 11.3 Å². The third-order valence-electron chi connectivity index (χ3n) is 11.7. The summed E-state index contributed by atoms with van der Waals surface area (Å²) in [6.07, 6.45) is 36.8. The Kier molecular flexibility index (Phi) is 8.15. The van der Waals surface area contributed by atoms with Crippen LogP contribution in [-0.4, -0.2) is 0 Å². The van der Waals surface area contributed by atoms with E-state index in [1.54, 1.807) is 16.0 Å². The fourth-order valence-electron chi connectivity index (χ4n) is 9.20. The number of allylic oxidation sites excluding steroid dienone is 11. The van der Waals surface area contributed by atoms with Gasteiger partial charge in [-0.25, -0.2) is 0 Å². The summed E-state index contributed by atoms with van der Waals surface area (Å²) < 4.78 is 4.26. The smallest absolute Gasteiger partial charge is 0.0547 e. The number of hydrogen-bond acceptors (Lipinski definition) is 3. The first kappa shape index (κ1) is 31.3. The van der Waals surface area contributed by atoms with Crippen LogP contribution in [0, 0.1) is 5.92 Å². The molecule has 0 bridgehead atoms. The maximum Gasteiger partial charge on any atom is 0.0547 e. The average molecular weight is 698 g/mol. The molecule has 0 amide bonds. The van der Waals surface area contributed by atoms with E-state index < -0.39 is 0 Å². The van der Waals surface area contributed by atoms with Gasteiger partial charge in [-0.1, -0.05) is 103 Å². The van der Waals surface area contributed by atoms with Crippen molar-refractivity contribution in [2.75, 3.05) is 4.90 Å². The molecule has 51 heavy (non-hydrogen) atoms. The molecule has 5 aromatic rings. The number of rotatable bonds is 6. The van der Waals surface area contributed by atoms with Crippen molar-refractivity contribution in [2.24, 2.45) is 5.92 Å². The molecule has 3 atom stereocenters. The third-order valence-corrected chi connectivity index (χ3v) is 14.2. The highest BCUT2D eigenvalue weighted by atomic mass is 32.1. The second-order valence-corrected chi connectivity index (χ2v) is 16.8. The number of fused-ring (bicyclic) bond motifs is 6. The van der Waals surface area contributed by atoms with Gasteiger partial charge in [0.1, 0.15) is 0 Å². The normalized spacial score (nSPS) is 22.4. The molecule has 3 unspecified atom stereocenters. The molecule has 5 aliphatic rings. The van der Waals surface area contributed by atoms with Crippen molar-refractivity contribution in [3.63, 3.8) is 0 Å². The molecule has 0 spiro atoms. The summed E-state index contributed by atoms with van der Waals surface area (Å²) in [4.78, 5) is 4.20. The molecule has 0 aliphatic heterocycles. The summed E-state index contributed by atoms with van der Waals surface area (Å²) >= 11 is 4.00. The number of nitrogens with zero attached hydrogens (tertiary/aromatic N) is 1. The Bertz CT molecular complexity index is 2470. The molecule has 3 heteroatoms. The highest BCUT2D eigenvalue weighted by molar-refractivity contribution is 7.25. The minimum absolute atomic E-state index is 0.358. The Morgan fingerprint density at radius 1 is 0.667 bits per heavy atom. The van der Waals surface area contributed by atoms with Gasteiger partial charge in [0.2, 0.25) is 0 Å². The van der Waals surface area contributed by atoms with Gasteiger partial charge in [0.15, 0.2) is 0 Å². The molecule has 3 aromatic carbocycles. The van der Waals surface area contributed by atoms with Crippen LogP contribution in [0.2, 0.25) is 0 Å². The van der Waals surface area contributed by atoms with Gasteiger partial charge in [-0.3, -0.25) is 0 Å². The lowest BCUT2D eigenvalue weighted by Crippen LogP contribution is -2.35.